The van der Waals surface area contributed by atoms with E-state index in [1.807, 2.05) is 18.2 Å². The molecule has 1 atom stereocenters. The first-order valence-electron chi connectivity index (χ1n) is 12.2. The van der Waals surface area contributed by atoms with Gasteiger partial charge >= 0.3 is 6.03 Å². The van der Waals surface area contributed by atoms with Crippen LogP contribution in [0, 0.1) is 11.3 Å². The summed E-state index contributed by atoms with van der Waals surface area (Å²) in [6.07, 6.45) is 3.96. The summed E-state index contributed by atoms with van der Waals surface area (Å²) < 4.78 is 11.6. The number of carbonyl (C=O) groups excluding carboxylic acids is 3. The van der Waals surface area contributed by atoms with Gasteiger partial charge in [0, 0.05) is 24.4 Å². The minimum atomic E-state index is -1.48. The van der Waals surface area contributed by atoms with Crippen molar-refractivity contribution in [1.82, 2.24) is 20.6 Å². The summed E-state index contributed by atoms with van der Waals surface area (Å²) in [5.41, 5.74) is 1.09. The van der Waals surface area contributed by atoms with Crippen LogP contribution in [0.1, 0.15) is 35.7 Å². The molecule has 0 saturated carbocycles. The maximum atomic E-state index is 12.7. The number of urea groups is 1. The molecule has 5 heterocycles. The average Bonchev–Trinajstić information content (AvgIpc) is 3.62. The third kappa shape index (κ3) is 4.29. The predicted molar refractivity (Wildman–Crippen MR) is 136 cm³/mol. The van der Waals surface area contributed by atoms with E-state index in [1.54, 1.807) is 41.3 Å². The quantitative estimate of drug-likeness (QED) is 0.479. The number of pyridine rings is 2. The number of ether oxygens (including phenoxy) is 2. The summed E-state index contributed by atoms with van der Waals surface area (Å²) >= 11 is 0. The molecule has 2 fully saturated rings. The van der Waals surface area contributed by atoms with Crippen molar-refractivity contribution in [2.75, 3.05) is 18.1 Å². The molecule has 0 radical (unpaired) electrons. The molecule has 3 aliphatic rings. The van der Waals surface area contributed by atoms with Gasteiger partial charge in [0.2, 0.25) is 11.8 Å². The number of aromatic nitrogens is 2. The zero-order valence-electron chi connectivity index (χ0n) is 20.5. The zero-order chi connectivity index (χ0) is 27.0. The second-order valence-corrected chi connectivity index (χ2v) is 9.18. The van der Waals surface area contributed by atoms with Crippen LogP contribution in [0.25, 0.3) is 0 Å². The van der Waals surface area contributed by atoms with E-state index in [0.29, 0.717) is 54.8 Å². The van der Waals surface area contributed by atoms with Gasteiger partial charge < -0.3 is 14.4 Å². The lowest BCUT2D eigenvalue weighted by molar-refractivity contribution is -0.137. The lowest BCUT2D eigenvalue weighted by Gasteiger charge is -2.38. The Morgan fingerprint density at radius 3 is 2.46 bits per heavy atom. The van der Waals surface area contributed by atoms with Crippen LogP contribution in [0.3, 0.4) is 0 Å². The number of nitrogens with zero attached hydrogens (tertiary/aromatic N) is 5. The lowest BCUT2D eigenvalue weighted by atomic mass is 9.92. The van der Waals surface area contributed by atoms with E-state index in [2.05, 4.69) is 25.6 Å². The first-order chi connectivity index (χ1) is 19.0. The minimum Gasteiger partial charge on any atom is -0.475 e. The summed E-state index contributed by atoms with van der Waals surface area (Å²) in [5.74, 6) is 0.102. The van der Waals surface area contributed by atoms with E-state index in [-0.39, 0.29) is 6.04 Å². The third-order valence-electron chi connectivity index (χ3n) is 6.85. The maximum Gasteiger partial charge on any atom is 0.328 e. The van der Waals surface area contributed by atoms with Crippen LogP contribution in [-0.2, 0) is 14.3 Å². The van der Waals surface area contributed by atoms with Gasteiger partial charge in [0.15, 0.2) is 5.54 Å². The number of barbiturate groups is 1. The molecule has 3 aromatic rings. The van der Waals surface area contributed by atoms with Crippen molar-refractivity contribution in [1.29, 1.82) is 5.26 Å². The fraction of sp³-hybridized carbons (Fsp3) is 0.222. The lowest BCUT2D eigenvalue weighted by Crippen LogP contribution is -2.71. The summed E-state index contributed by atoms with van der Waals surface area (Å²) in [5, 5.41) is 13.3. The minimum absolute atomic E-state index is 0.243. The van der Waals surface area contributed by atoms with Gasteiger partial charge in [-0.2, -0.15) is 5.26 Å². The van der Waals surface area contributed by atoms with Gasteiger partial charge in [-0.05, 0) is 55.3 Å². The number of nitriles is 1. The Balaban J connectivity index is 1.13. The Morgan fingerprint density at radius 1 is 1.00 bits per heavy atom. The number of imide groups is 2. The first kappa shape index (κ1) is 24.1. The zero-order valence-corrected chi connectivity index (χ0v) is 20.5. The molecule has 1 aromatic carbocycles. The number of anilines is 1. The molecule has 0 aliphatic carbocycles. The Labute approximate surface area is 222 Å². The maximum absolute atomic E-state index is 12.7. The highest BCUT2D eigenvalue weighted by Crippen LogP contribution is 2.36. The van der Waals surface area contributed by atoms with Crippen molar-refractivity contribution in [3.63, 3.8) is 0 Å². The van der Waals surface area contributed by atoms with Gasteiger partial charge in [-0.25, -0.2) is 14.8 Å². The van der Waals surface area contributed by atoms with Gasteiger partial charge in [-0.3, -0.25) is 25.2 Å². The van der Waals surface area contributed by atoms with E-state index in [9.17, 15) is 14.4 Å². The van der Waals surface area contributed by atoms with Crippen LogP contribution in [0.4, 0.5) is 10.5 Å². The van der Waals surface area contributed by atoms with Crippen molar-refractivity contribution in [2.24, 2.45) is 4.99 Å². The number of hydrogen-bond donors (Lipinski definition) is 2. The van der Waals surface area contributed by atoms with Crippen molar-refractivity contribution < 1.29 is 23.9 Å². The largest absolute Gasteiger partial charge is 0.475 e. The topological polar surface area (TPSA) is 159 Å². The third-order valence-corrected chi connectivity index (χ3v) is 6.85. The SMILES string of the molecule is N#Cc1ccc(C2COC(c3ccc(Oc4ccc(N5CCCC56C(=O)NC(=O)NC6=O)cn4)cc3)=N2)nc1. The van der Waals surface area contributed by atoms with Crippen LogP contribution < -0.4 is 20.3 Å². The molecule has 4 amide bonds. The Bertz CT molecular complexity index is 1510. The number of benzene rings is 1. The summed E-state index contributed by atoms with van der Waals surface area (Å²) in [6, 6.07) is 15.0. The molecular weight excluding hydrogens is 502 g/mol. The summed E-state index contributed by atoms with van der Waals surface area (Å²) in [4.78, 5) is 51.8. The molecule has 2 N–H and O–H groups in total. The van der Waals surface area contributed by atoms with Crippen LogP contribution in [0.2, 0.25) is 0 Å². The fourth-order valence-electron chi connectivity index (χ4n) is 4.92. The molecule has 1 spiro atoms. The van der Waals surface area contributed by atoms with Crippen LogP contribution >= 0.6 is 0 Å². The smallest absolute Gasteiger partial charge is 0.328 e. The molecule has 0 bridgehead atoms. The summed E-state index contributed by atoms with van der Waals surface area (Å²) in [7, 11) is 0. The standard InChI is InChI=1S/C27H21N7O5/c28-12-16-2-8-20(29-13-16)21-15-38-23(31-21)17-3-6-19(7-4-17)39-22-9-5-18(14-30-22)34-11-1-10-27(34)24(35)32-26(37)33-25(27)36/h2-9,13-14,21H,1,10-11,15H2,(H2,32,33,35,36,37). The molecule has 6 rings (SSSR count). The van der Waals surface area contributed by atoms with Crippen LogP contribution in [-0.4, -0.2) is 52.4 Å². The fourth-order valence-corrected chi connectivity index (χ4v) is 4.92. The highest BCUT2D eigenvalue weighted by Gasteiger charge is 2.57. The number of aliphatic imine (C=N–C) groups is 1. The molecule has 2 saturated heterocycles. The second-order valence-electron chi connectivity index (χ2n) is 9.18. The van der Waals surface area contributed by atoms with Gasteiger partial charge in [-0.15, -0.1) is 0 Å². The molecule has 12 nitrogen and oxygen atoms in total. The molecule has 194 valence electrons. The highest BCUT2D eigenvalue weighted by molar-refractivity contribution is 6.24. The number of rotatable bonds is 5. The van der Waals surface area contributed by atoms with Gasteiger partial charge in [0.05, 0.1) is 23.1 Å². The molecule has 2 aromatic heterocycles. The number of nitrogens with one attached hydrogen (secondary N) is 2. The average molecular weight is 524 g/mol. The number of hydrogen-bond acceptors (Lipinski definition) is 10. The number of amides is 4. The van der Waals surface area contributed by atoms with Gasteiger partial charge in [-0.1, -0.05) is 0 Å². The molecule has 12 heteroatoms. The van der Waals surface area contributed by atoms with E-state index in [0.717, 1.165) is 11.3 Å². The van der Waals surface area contributed by atoms with E-state index >= 15 is 0 Å². The van der Waals surface area contributed by atoms with E-state index in [1.165, 1.54) is 12.4 Å². The molecule has 3 aliphatic heterocycles. The Hall–Kier alpha value is -5.31. The molecule has 39 heavy (non-hydrogen) atoms. The molecular formula is C27H21N7O5. The van der Waals surface area contributed by atoms with Crippen molar-refractivity contribution in [3.8, 4) is 17.7 Å². The van der Waals surface area contributed by atoms with Crippen LogP contribution in [0.15, 0.2) is 65.9 Å². The van der Waals surface area contributed by atoms with Crippen molar-refractivity contribution in [2.45, 2.75) is 24.4 Å². The number of carbonyl (C=O) groups is 3. The highest BCUT2D eigenvalue weighted by atomic mass is 16.5. The Morgan fingerprint density at radius 2 is 1.79 bits per heavy atom. The second kappa shape index (κ2) is 9.53. The van der Waals surface area contributed by atoms with E-state index in [4.69, 9.17) is 14.7 Å². The normalized spacial score (nSPS) is 19.7. The van der Waals surface area contributed by atoms with Crippen molar-refractivity contribution >= 4 is 29.4 Å². The van der Waals surface area contributed by atoms with Crippen LogP contribution in [0.5, 0.6) is 11.6 Å². The van der Waals surface area contributed by atoms with Gasteiger partial charge in [0.25, 0.3) is 11.8 Å². The van der Waals surface area contributed by atoms with E-state index < -0.39 is 23.4 Å². The van der Waals surface area contributed by atoms with Crippen molar-refractivity contribution in [3.05, 3.63) is 77.7 Å². The predicted octanol–water partition coefficient (Wildman–Crippen LogP) is 2.36. The van der Waals surface area contributed by atoms with Gasteiger partial charge in [0.1, 0.15) is 24.5 Å². The first-order valence-corrected chi connectivity index (χ1v) is 12.2. The Kier molecular flexibility index (Phi) is 5.88. The summed E-state index contributed by atoms with van der Waals surface area (Å²) in [6.45, 7) is 0.827. The molecule has 1 unspecified atom stereocenters. The monoisotopic (exact) mass is 523 g/mol.